The van der Waals surface area contributed by atoms with Crippen molar-refractivity contribution in [2.24, 2.45) is 5.41 Å². The Balaban J connectivity index is 2.79. The molecule has 0 saturated carbocycles. The van der Waals surface area contributed by atoms with E-state index in [1.807, 2.05) is 20.8 Å². The molecular weight excluding hydrogens is 312 g/mol. The molecule has 3 heteroatoms. The normalized spacial score (nSPS) is 16.8. The average Bonchev–Trinajstić information content (AvgIpc) is 2.51. The van der Waals surface area contributed by atoms with Crippen molar-refractivity contribution in [3.8, 4) is 18.1 Å². The number of terminal acetylenes is 1. The average molecular weight is 340 g/mol. The van der Waals surface area contributed by atoms with Crippen molar-refractivity contribution in [1.29, 1.82) is 0 Å². The van der Waals surface area contributed by atoms with Crippen molar-refractivity contribution in [1.82, 2.24) is 0 Å². The van der Waals surface area contributed by atoms with Crippen LogP contribution < -0.4 is 0 Å². The van der Waals surface area contributed by atoms with Crippen LogP contribution in [0.15, 0.2) is 54.1 Å². The Labute approximate surface area is 151 Å². The second-order valence-electron chi connectivity index (χ2n) is 7.31. The fourth-order valence-corrected chi connectivity index (χ4v) is 2.62. The van der Waals surface area contributed by atoms with Gasteiger partial charge < -0.3 is 15.3 Å². The highest BCUT2D eigenvalue weighted by molar-refractivity contribution is 5.51. The predicted octanol–water partition coefficient (Wildman–Crippen LogP) is 4.07. The highest BCUT2D eigenvalue weighted by Crippen LogP contribution is 2.33. The molecule has 3 nitrogen and oxygen atoms in total. The van der Waals surface area contributed by atoms with E-state index in [9.17, 15) is 15.3 Å². The highest BCUT2D eigenvalue weighted by Gasteiger charge is 2.33. The Kier molecular flexibility index (Phi) is 7.23. The molecule has 1 rings (SSSR count). The number of phenols is 1. The van der Waals surface area contributed by atoms with Crippen LogP contribution in [-0.2, 0) is 0 Å². The lowest BCUT2D eigenvalue weighted by molar-refractivity contribution is 0.00684. The van der Waals surface area contributed by atoms with E-state index >= 15 is 0 Å². The maximum absolute atomic E-state index is 10.6. The summed E-state index contributed by atoms with van der Waals surface area (Å²) in [7, 11) is 0. The predicted molar refractivity (Wildman–Crippen MR) is 104 cm³/mol. The molecule has 0 heterocycles. The minimum atomic E-state index is -1.07. The number of hydrogen-bond acceptors (Lipinski definition) is 3. The summed E-state index contributed by atoms with van der Waals surface area (Å²) >= 11 is 0. The van der Waals surface area contributed by atoms with Gasteiger partial charge in [-0.05, 0) is 55.0 Å². The zero-order valence-electron chi connectivity index (χ0n) is 15.4. The summed E-state index contributed by atoms with van der Waals surface area (Å²) in [6.45, 7) is 7.40. The summed E-state index contributed by atoms with van der Waals surface area (Å²) in [5, 5.41) is 30.4. The zero-order valence-corrected chi connectivity index (χ0v) is 15.4. The van der Waals surface area contributed by atoms with Gasteiger partial charge in [0.1, 0.15) is 5.75 Å². The quantitative estimate of drug-likeness (QED) is 0.518. The van der Waals surface area contributed by atoms with Crippen molar-refractivity contribution in [3.05, 3.63) is 59.7 Å². The molecule has 0 aliphatic rings. The third kappa shape index (κ3) is 7.43. The van der Waals surface area contributed by atoms with E-state index in [0.717, 1.165) is 11.1 Å². The van der Waals surface area contributed by atoms with Gasteiger partial charge in [-0.3, -0.25) is 0 Å². The molecule has 1 aromatic rings. The highest BCUT2D eigenvalue weighted by atomic mass is 16.3. The van der Waals surface area contributed by atoms with Gasteiger partial charge in [-0.2, -0.15) is 0 Å². The summed E-state index contributed by atoms with van der Waals surface area (Å²) in [5.41, 5.74) is 0.161. The van der Waals surface area contributed by atoms with Gasteiger partial charge in [0.25, 0.3) is 0 Å². The molecule has 0 bridgehead atoms. The van der Waals surface area contributed by atoms with Crippen molar-refractivity contribution in [2.45, 2.75) is 45.8 Å². The Morgan fingerprint density at radius 3 is 2.40 bits per heavy atom. The fourth-order valence-electron chi connectivity index (χ4n) is 2.62. The number of aliphatic hydroxyl groups is 2. The Hall–Kier alpha value is -2.28. The molecule has 3 N–H and O–H groups in total. The first-order chi connectivity index (χ1) is 11.6. The van der Waals surface area contributed by atoms with Crippen LogP contribution in [-0.4, -0.2) is 27.0 Å². The second kappa shape index (κ2) is 8.71. The molecule has 1 unspecified atom stereocenters. The molecular formula is C22H28O3. The molecule has 0 aliphatic carbocycles. The molecule has 2 atom stereocenters. The van der Waals surface area contributed by atoms with Crippen molar-refractivity contribution in [3.63, 3.8) is 0 Å². The zero-order chi connectivity index (χ0) is 19.1. The molecule has 0 aliphatic heterocycles. The van der Waals surface area contributed by atoms with Crippen molar-refractivity contribution < 1.29 is 15.3 Å². The van der Waals surface area contributed by atoms with Gasteiger partial charge in [0.2, 0.25) is 0 Å². The largest absolute Gasteiger partial charge is 0.508 e. The lowest BCUT2D eigenvalue weighted by Crippen LogP contribution is -2.36. The maximum atomic E-state index is 10.6. The van der Waals surface area contributed by atoms with E-state index in [1.54, 1.807) is 61.6 Å². The van der Waals surface area contributed by atoms with Gasteiger partial charge in [-0.1, -0.05) is 56.2 Å². The molecule has 0 aromatic heterocycles. The third-order valence-electron chi connectivity index (χ3n) is 3.99. The van der Waals surface area contributed by atoms with Crippen LogP contribution in [0.5, 0.6) is 5.75 Å². The topological polar surface area (TPSA) is 60.7 Å². The Bertz CT molecular complexity index is 683. The molecule has 0 spiro atoms. The van der Waals surface area contributed by atoms with Gasteiger partial charge in [0.05, 0.1) is 11.7 Å². The van der Waals surface area contributed by atoms with Gasteiger partial charge in [0.15, 0.2) is 0 Å². The number of rotatable bonds is 7. The first-order valence-corrected chi connectivity index (χ1v) is 8.25. The van der Waals surface area contributed by atoms with Crippen LogP contribution in [0.2, 0.25) is 0 Å². The van der Waals surface area contributed by atoms with Gasteiger partial charge in [-0.25, -0.2) is 0 Å². The number of allylic oxidation sites excluding steroid dienone is 3. The lowest BCUT2D eigenvalue weighted by Gasteiger charge is -2.34. The minimum Gasteiger partial charge on any atom is -0.508 e. The molecule has 0 radical (unpaired) electrons. The summed E-state index contributed by atoms with van der Waals surface area (Å²) < 4.78 is 0. The van der Waals surface area contributed by atoms with Crippen LogP contribution in [0.4, 0.5) is 0 Å². The molecule has 134 valence electrons. The standard InChI is InChI=1S/C22H28O3/c1-6-7-17(2)14-15-22(5,25)16-21(3,4)20(24)13-10-18-8-11-19(23)12-9-18/h1,7-15,20,23-25H,16H2,2-5H3/b13-10+,15-14+,17-7+/t20?,22-/m0/s1. The summed E-state index contributed by atoms with van der Waals surface area (Å²) in [4.78, 5) is 0. The Morgan fingerprint density at radius 2 is 1.84 bits per heavy atom. The number of aliphatic hydroxyl groups excluding tert-OH is 1. The van der Waals surface area contributed by atoms with E-state index < -0.39 is 17.1 Å². The van der Waals surface area contributed by atoms with Crippen LogP contribution in [0, 0.1) is 17.8 Å². The van der Waals surface area contributed by atoms with Crippen LogP contribution in [0.3, 0.4) is 0 Å². The summed E-state index contributed by atoms with van der Waals surface area (Å²) in [6.07, 6.45) is 13.5. The number of benzene rings is 1. The van der Waals surface area contributed by atoms with Crippen molar-refractivity contribution in [2.75, 3.05) is 0 Å². The monoisotopic (exact) mass is 340 g/mol. The van der Waals surface area contributed by atoms with Crippen LogP contribution >= 0.6 is 0 Å². The van der Waals surface area contributed by atoms with Crippen LogP contribution in [0.25, 0.3) is 6.08 Å². The summed E-state index contributed by atoms with van der Waals surface area (Å²) in [5.74, 6) is 2.65. The van der Waals surface area contributed by atoms with Crippen molar-refractivity contribution >= 4 is 6.08 Å². The first-order valence-electron chi connectivity index (χ1n) is 8.25. The molecule has 0 saturated heterocycles. The van der Waals surface area contributed by atoms with Gasteiger partial charge in [0, 0.05) is 0 Å². The lowest BCUT2D eigenvalue weighted by atomic mass is 9.76. The summed E-state index contributed by atoms with van der Waals surface area (Å²) in [6, 6.07) is 6.73. The van der Waals surface area contributed by atoms with Crippen LogP contribution in [0.1, 0.15) is 39.7 Å². The fraction of sp³-hybridized carbons (Fsp3) is 0.364. The molecule has 0 fully saturated rings. The number of hydrogen-bond donors (Lipinski definition) is 3. The smallest absolute Gasteiger partial charge is 0.115 e. The van der Waals surface area contributed by atoms with Gasteiger partial charge in [-0.15, -0.1) is 6.42 Å². The molecule has 25 heavy (non-hydrogen) atoms. The van der Waals surface area contributed by atoms with E-state index in [2.05, 4.69) is 5.92 Å². The number of aromatic hydroxyl groups is 1. The van der Waals surface area contributed by atoms with Gasteiger partial charge >= 0.3 is 0 Å². The number of phenolic OH excluding ortho intramolecular Hbond substituents is 1. The SMILES string of the molecule is C#C/C=C(C)/C=C/[C@](C)(O)CC(C)(C)C(O)/C=C/c1ccc(O)cc1. The third-order valence-corrected chi connectivity index (χ3v) is 3.99. The minimum absolute atomic E-state index is 0.204. The maximum Gasteiger partial charge on any atom is 0.115 e. The molecule has 0 amide bonds. The van der Waals surface area contributed by atoms with E-state index in [0.29, 0.717) is 6.42 Å². The Morgan fingerprint density at radius 1 is 1.24 bits per heavy atom. The van der Waals surface area contributed by atoms with E-state index in [4.69, 9.17) is 6.42 Å². The second-order valence-corrected chi connectivity index (χ2v) is 7.31. The van der Waals surface area contributed by atoms with E-state index in [-0.39, 0.29) is 5.75 Å². The molecule has 1 aromatic carbocycles. The first kappa shape index (κ1) is 20.8. The van der Waals surface area contributed by atoms with E-state index in [1.165, 1.54) is 0 Å².